The van der Waals surface area contributed by atoms with Crippen molar-refractivity contribution in [1.29, 1.82) is 0 Å². The molecule has 1 saturated heterocycles. The van der Waals surface area contributed by atoms with E-state index >= 15 is 0 Å². The van der Waals surface area contributed by atoms with Gasteiger partial charge in [-0.05, 0) is 42.0 Å². The van der Waals surface area contributed by atoms with Crippen LogP contribution in [0, 0.1) is 0 Å². The van der Waals surface area contributed by atoms with Gasteiger partial charge in [-0.2, -0.15) is 5.10 Å². The fourth-order valence-electron chi connectivity index (χ4n) is 3.32. The summed E-state index contributed by atoms with van der Waals surface area (Å²) in [7, 11) is 0. The van der Waals surface area contributed by atoms with Gasteiger partial charge in [0.05, 0.1) is 5.69 Å². The normalized spacial score (nSPS) is 15.0. The molecule has 0 saturated carbocycles. The van der Waals surface area contributed by atoms with E-state index in [2.05, 4.69) is 10.00 Å². The van der Waals surface area contributed by atoms with E-state index in [1.54, 1.807) is 16.9 Å². The van der Waals surface area contributed by atoms with E-state index in [1.807, 2.05) is 53.4 Å². The number of halogens is 2. The lowest BCUT2D eigenvalue weighted by Crippen LogP contribution is -2.48. The number of carbonyl (C=O) groups excluding carboxylic acids is 1. The number of rotatable bonds is 4. The third-order valence-corrected chi connectivity index (χ3v) is 5.35. The van der Waals surface area contributed by atoms with E-state index in [0.717, 1.165) is 30.3 Å². The van der Waals surface area contributed by atoms with Crippen molar-refractivity contribution in [2.45, 2.75) is 6.54 Å². The number of hydrogen-bond donors (Lipinski definition) is 0. The van der Waals surface area contributed by atoms with Gasteiger partial charge in [-0.25, -0.2) is 4.68 Å². The minimum absolute atomic E-state index is 0.0353. The molecule has 2 heterocycles. The summed E-state index contributed by atoms with van der Waals surface area (Å²) >= 11 is 12.0. The quantitative estimate of drug-likeness (QED) is 0.643. The van der Waals surface area contributed by atoms with Crippen molar-refractivity contribution in [2.24, 2.45) is 0 Å². The number of carbonyl (C=O) groups is 1. The standard InChI is InChI=1S/C21H20Cl2N4O/c22-17-6-4-16(5-7-17)15-25-10-12-26(13-11-25)21(28)20-8-9-27(24-20)19-3-1-2-18(23)14-19/h1-9,14H,10-13,15H2. The van der Waals surface area contributed by atoms with Crippen molar-refractivity contribution < 1.29 is 4.79 Å². The van der Waals surface area contributed by atoms with Crippen molar-refractivity contribution in [1.82, 2.24) is 19.6 Å². The highest BCUT2D eigenvalue weighted by Crippen LogP contribution is 2.16. The van der Waals surface area contributed by atoms with Crippen LogP contribution >= 0.6 is 23.2 Å². The van der Waals surface area contributed by atoms with Crippen LogP contribution in [-0.2, 0) is 6.54 Å². The Balaban J connectivity index is 1.36. The fraction of sp³-hybridized carbons (Fsp3) is 0.238. The Morgan fingerprint density at radius 1 is 0.929 bits per heavy atom. The Kier molecular flexibility index (Phi) is 5.67. The SMILES string of the molecule is O=C(c1ccn(-c2cccc(Cl)c2)n1)N1CCN(Cc2ccc(Cl)cc2)CC1. The molecule has 1 aliphatic rings. The molecule has 0 spiro atoms. The van der Waals surface area contributed by atoms with Gasteiger partial charge in [-0.3, -0.25) is 9.69 Å². The van der Waals surface area contributed by atoms with Crippen LogP contribution in [0.4, 0.5) is 0 Å². The van der Waals surface area contributed by atoms with Crippen LogP contribution in [0.2, 0.25) is 10.0 Å². The highest BCUT2D eigenvalue weighted by Gasteiger charge is 2.23. The third kappa shape index (κ3) is 4.38. The fourth-order valence-corrected chi connectivity index (χ4v) is 3.63. The lowest BCUT2D eigenvalue weighted by Gasteiger charge is -2.34. The summed E-state index contributed by atoms with van der Waals surface area (Å²) < 4.78 is 1.68. The molecule has 1 aromatic heterocycles. The summed E-state index contributed by atoms with van der Waals surface area (Å²) in [6.45, 7) is 3.92. The monoisotopic (exact) mass is 414 g/mol. The maximum atomic E-state index is 12.8. The largest absolute Gasteiger partial charge is 0.335 e. The van der Waals surface area contributed by atoms with E-state index < -0.39 is 0 Å². The summed E-state index contributed by atoms with van der Waals surface area (Å²) in [5, 5.41) is 5.82. The summed E-state index contributed by atoms with van der Waals surface area (Å²) in [6.07, 6.45) is 1.79. The second-order valence-electron chi connectivity index (χ2n) is 6.82. The first-order valence-corrected chi connectivity index (χ1v) is 9.92. The van der Waals surface area contributed by atoms with Crippen LogP contribution < -0.4 is 0 Å². The molecule has 5 nitrogen and oxygen atoms in total. The number of piperazine rings is 1. The van der Waals surface area contributed by atoms with Crippen LogP contribution in [0.5, 0.6) is 0 Å². The molecule has 2 aromatic carbocycles. The number of benzene rings is 2. The molecule has 144 valence electrons. The van der Waals surface area contributed by atoms with E-state index in [1.165, 1.54) is 5.56 Å². The zero-order valence-corrected chi connectivity index (χ0v) is 16.8. The van der Waals surface area contributed by atoms with Crippen LogP contribution in [0.15, 0.2) is 60.8 Å². The minimum Gasteiger partial charge on any atom is -0.335 e. The predicted molar refractivity (Wildman–Crippen MR) is 111 cm³/mol. The summed E-state index contributed by atoms with van der Waals surface area (Å²) in [6, 6.07) is 17.1. The van der Waals surface area contributed by atoms with Crippen molar-refractivity contribution in [3.05, 3.63) is 82.1 Å². The van der Waals surface area contributed by atoms with Gasteiger partial charge in [-0.1, -0.05) is 41.4 Å². The Labute approximate surface area is 174 Å². The van der Waals surface area contributed by atoms with Gasteiger partial charge in [0, 0.05) is 49.0 Å². The second-order valence-corrected chi connectivity index (χ2v) is 7.69. The predicted octanol–water partition coefficient (Wildman–Crippen LogP) is 4.14. The smallest absolute Gasteiger partial charge is 0.274 e. The number of nitrogens with zero attached hydrogens (tertiary/aromatic N) is 4. The van der Waals surface area contributed by atoms with Crippen LogP contribution in [0.1, 0.15) is 16.1 Å². The van der Waals surface area contributed by atoms with E-state index in [4.69, 9.17) is 23.2 Å². The Hall–Kier alpha value is -2.34. The Bertz CT molecular complexity index is 963. The highest BCUT2D eigenvalue weighted by atomic mass is 35.5. The zero-order valence-electron chi connectivity index (χ0n) is 15.3. The molecule has 0 aliphatic carbocycles. The summed E-state index contributed by atoms with van der Waals surface area (Å²) in [5.74, 6) is -0.0353. The molecular weight excluding hydrogens is 395 g/mol. The first-order chi connectivity index (χ1) is 13.6. The third-order valence-electron chi connectivity index (χ3n) is 4.86. The van der Waals surface area contributed by atoms with Crippen LogP contribution in [0.3, 0.4) is 0 Å². The van der Waals surface area contributed by atoms with Gasteiger partial charge < -0.3 is 4.90 Å². The molecule has 1 amide bonds. The zero-order chi connectivity index (χ0) is 19.5. The molecule has 1 fully saturated rings. The van der Waals surface area contributed by atoms with E-state index in [0.29, 0.717) is 23.8 Å². The molecule has 0 N–H and O–H groups in total. The molecule has 7 heteroatoms. The molecule has 1 aliphatic heterocycles. The van der Waals surface area contributed by atoms with Crippen molar-refractivity contribution in [3.63, 3.8) is 0 Å². The van der Waals surface area contributed by atoms with Crippen molar-refractivity contribution in [3.8, 4) is 5.69 Å². The van der Waals surface area contributed by atoms with Gasteiger partial charge in [0.15, 0.2) is 5.69 Å². The Morgan fingerprint density at radius 3 is 2.39 bits per heavy atom. The maximum Gasteiger partial charge on any atom is 0.274 e. The first kappa shape index (κ1) is 19.0. The van der Waals surface area contributed by atoms with Gasteiger partial charge in [-0.15, -0.1) is 0 Å². The molecule has 0 unspecified atom stereocenters. The average Bonchev–Trinajstić information content (AvgIpc) is 3.20. The number of hydrogen-bond acceptors (Lipinski definition) is 3. The number of amides is 1. The summed E-state index contributed by atoms with van der Waals surface area (Å²) in [4.78, 5) is 17.0. The highest BCUT2D eigenvalue weighted by molar-refractivity contribution is 6.30. The van der Waals surface area contributed by atoms with Crippen LogP contribution in [0.25, 0.3) is 5.69 Å². The van der Waals surface area contributed by atoms with Gasteiger partial charge in [0.25, 0.3) is 5.91 Å². The maximum absolute atomic E-state index is 12.8. The first-order valence-electron chi connectivity index (χ1n) is 9.16. The molecule has 28 heavy (non-hydrogen) atoms. The lowest BCUT2D eigenvalue weighted by molar-refractivity contribution is 0.0622. The average molecular weight is 415 g/mol. The van der Waals surface area contributed by atoms with E-state index in [9.17, 15) is 4.79 Å². The molecule has 4 rings (SSSR count). The summed E-state index contributed by atoms with van der Waals surface area (Å²) in [5.41, 5.74) is 2.51. The molecule has 0 bridgehead atoms. The second kappa shape index (κ2) is 8.35. The van der Waals surface area contributed by atoms with Crippen LogP contribution in [-0.4, -0.2) is 51.7 Å². The molecule has 3 aromatic rings. The number of aromatic nitrogens is 2. The van der Waals surface area contributed by atoms with E-state index in [-0.39, 0.29) is 5.91 Å². The Morgan fingerprint density at radius 2 is 1.68 bits per heavy atom. The van der Waals surface area contributed by atoms with Gasteiger partial charge >= 0.3 is 0 Å². The van der Waals surface area contributed by atoms with Crippen molar-refractivity contribution in [2.75, 3.05) is 26.2 Å². The molecular formula is C21H20Cl2N4O. The van der Waals surface area contributed by atoms with Gasteiger partial charge in [0.1, 0.15) is 0 Å². The van der Waals surface area contributed by atoms with Gasteiger partial charge in [0.2, 0.25) is 0 Å². The topological polar surface area (TPSA) is 41.4 Å². The minimum atomic E-state index is -0.0353. The molecule has 0 atom stereocenters. The molecule has 0 radical (unpaired) electrons. The lowest BCUT2D eigenvalue weighted by atomic mass is 10.2. The van der Waals surface area contributed by atoms with Crippen molar-refractivity contribution >= 4 is 29.1 Å².